The number of carboxylic acid groups (broad SMARTS) is 1. The number of H-pyrrole nitrogens is 1. The lowest BCUT2D eigenvalue weighted by molar-refractivity contribution is -0.141. The van der Waals surface area contributed by atoms with E-state index in [9.17, 15) is 14.7 Å². The zero-order chi connectivity index (χ0) is 16.4. The minimum Gasteiger partial charge on any atom is -0.480 e. The van der Waals surface area contributed by atoms with Crippen molar-refractivity contribution in [2.75, 3.05) is 0 Å². The van der Waals surface area contributed by atoms with Crippen LogP contribution in [0.4, 0.5) is 0 Å². The molecule has 0 spiro atoms. The number of aliphatic carboxylic acids is 1. The average molecular weight is 327 g/mol. The first-order chi connectivity index (χ1) is 11.1. The third-order valence-electron chi connectivity index (χ3n) is 3.56. The van der Waals surface area contributed by atoms with E-state index in [0.29, 0.717) is 5.52 Å². The van der Waals surface area contributed by atoms with Crippen LogP contribution in [0.5, 0.6) is 0 Å². The second kappa shape index (κ2) is 6.13. The predicted molar refractivity (Wildman–Crippen MR) is 88.0 cm³/mol. The molecule has 1 aromatic carbocycles. The number of fused-ring (bicyclic) bond motifs is 1. The van der Waals surface area contributed by atoms with E-state index in [-0.39, 0.29) is 16.7 Å². The maximum absolute atomic E-state index is 12.6. The Hall–Kier alpha value is -2.80. The summed E-state index contributed by atoms with van der Waals surface area (Å²) in [7, 11) is 0. The molecule has 0 fully saturated rings. The van der Waals surface area contributed by atoms with Gasteiger partial charge in [0.05, 0.1) is 5.52 Å². The highest BCUT2D eigenvalue weighted by Crippen LogP contribution is 2.15. The Labute approximate surface area is 136 Å². The van der Waals surface area contributed by atoms with Gasteiger partial charge < -0.3 is 10.1 Å². The number of carboxylic acids is 1. The monoisotopic (exact) mass is 327 g/mol. The van der Waals surface area contributed by atoms with Crippen molar-refractivity contribution >= 4 is 29.2 Å². The second-order valence-electron chi connectivity index (χ2n) is 5.05. The fraction of sp³-hybridized carbons (Fsp3) is 0.125. The van der Waals surface area contributed by atoms with Gasteiger partial charge in [-0.15, -0.1) is 0 Å². The highest BCUT2D eigenvalue weighted by Gasteiger charge is 2.23. The number of nitrogens with zero attached hydrogens (tertiary/aromatic N) is 2. The van der Waals surface area contributed by atoms with Gasteiger partial charge in [-0.3, -0.25) is 9.36 Å². The number of aromatic nitrogens is 3. The maximum Gasteiger partial charge on any atom is 0.327 e. The molecule has 0 saturated carbocycles. The Bertz CT molecular complexity index is 979. The van der Waals surface area contributed by atoms with E-state index in [4.69, 9.17) is 12.2 Å². The van der Waals surface area contributed by atoms with Gasteiger partial charge in [-0.25, -0.2) is 9.78 Å². The highest BCUT2D eigenvalue weighted by molar-refractivity contribution is 7.71. The van der Waals surface area contributed by atoms with Crippen LogP contribution in [0.2, 0.25) is 0 Å². The number of aromatic amines is 1. The van der Waals surface area contributed by atoms with E-state index < -0.39 is 17.6 Å². The van der Waals surface area contributed by atoms with Crippen molar-refractivity contribution in [3.63, 3.8) is 0 Å². The minimum atomic E-state index is -1.12. The summed E-state index contributed by atoms with van der Waals surface area (Å²) in [6.07, 6.45) is 1.64. The molecule has 0 aliphatic carbocycles. The summed E-state index contributed by atoms with van der Waals surface area (Å²) in [4.78, 5) is 31.2. The van der Waals surface area contributed by atoms with Crippen LogP contribution in [-0.2, 0) is 11.2 Å². The Morgan fingerprint density at radius 1 is 1.26 bits per heavy atom. The third-order valence-corrected chi connectivity index (χ3v) is 3.86. The summed E-state index contributed by atoms with van der Waals surface area (Å²) >= 11 is 5.19. The Balaban J connectivity index is 2.17. The average Bonchev–Trinajstić information content (AvgIpc) is 2.54. The lowest BCUT2D eigenvalue weighted by Crippen LogP contribution is -2.33. The van der Waals surface area contributed by atoms with Gasteiger partial charge in [-0.1, -0.05) is 30.3 Å². The van der Waals surface area contributed by atoms with Crippen molar-refractivity contribution in [2.24, 2.45) is 0 Å². The van der Waals surface area contributed by atoms with Gasteiger partial charge in [0.25, 0.3) is 5.56 Å². The van der Waals surface area contributed by atoms with Gasteiger partial charge >= 0.3 is 5.97 Å². The van der Waals surface area contributed by atoms with Crippen molar-refractivity contribution in [1.29, 1.82) is 0 Å². The number of rotatable bonds is 4. The summed E-state index contributed by atoms with van der Waals surface area (Å²) < 4.78 is 1.15. The standard InChI is InChI=1S/C16H13N3O3S/c20-14-13-11(7-4-8-17-13)18-16(23)19(14)12(15(21)22)9-10-5-2-1-3-6-10/h1-8,12H,9H2,(H,18,23)(H,21,22)/t12-/m0/s1. The number of carbonyl (C=O) groups is 1. The number of pyridine rings is 1. The van der Waals surface area contributed by atoms with Crippen LogP contribution < -0.4 is 5.56 Å². The molecule has 0 aliphatic heterocycles. The van der Waals surface area contributed by atoms with Gasteiger partial charge in [0, 0.05) is 12.6 Å². The molecule has 0 radical (unpaired) electrons. The van der Waals surface area contributed by atoms with Crippen molar-refractivity contribution in [3.8, 4) is 0 Å². The van der Waals surface area contributed by atoms with Crippen molar-refractivity contribution in [2.45, 2.75) is 12.5 Å². The number of benzene rings is 1. The second-order valence-corrected chi connectivity index (χ2v) is 5.44. The van der Waals surface area contributed by atoms with E-state index in [1.54, 1.807) is 12.1 Å². The van der Waals surface area contributed by atoms with Gasteiger partial charge in [-0.05, 0) is 29.9 Å². The lowest BCUT2D eigenvalue weighted by Gasteiger charge is -2.16. The molecular weight excluding hydrogens is 314 g/mol. The van der Waals surface area contributed by atoms with Gasteiger partial charge in [0.15, 0.2) is 10.3 Å². The van der Waals surface area contributed by atoms with Crippen molar-refractivity contribution < 1.29 is 9.90 Å². The van der Waals surface area contributed by atoms with Crippen LogP contribution in [0.15, 0.2) is 53.5 Å². The first-order valence-electron chi connectivity index (χ1n) is 6.94. The SMILES string of the molecule is O=C(O)[C@H](Cc1ccccc1)n1c(=S)[nH]c2cccnc2c1=O. The first kappa shape index (κ1) is 15.1. The summed E-state index contributed by atoms with van der Waals surface area (Å²) in [6.45, 7) is 0. The Morgan fingerprint density at radius 2 is 2.00 bits per heavy atom. The molecular formula is C16H13N3O3S. The zero-order valence-corrected chi connectivity index (χ0v) is 12.8. The zero-order valence-electron chi connectivity index (χ0n) is 12.0. The van der Waals surface area contributed by atoms with Crippen LogP contribution in [0.1, 0.15) is 11.6 Å². The Kier molecular flexibility index (Phi) is 4.03. The maximum atomic E-state index is 12.6. The third kappa shape index (κ3) is 2.91. The van der Waals surface area contributed by atoms with Crippen LogP contribution >= 0.6 is 12.2 Å². The normalized spacial score (nSPS) is 12.2. The molecule has 1 atom stereocenters. The molecule has 2 aromatic heterocycles. The summed E-state index contributed by atoms with van der Waals surface area (Å²) in [5, 5.41) is 9.57. The minimum absolute atomic E-state index is 0.0684. The molecule has 2 heterocycles. The topological polar surface area (TPSA) is 88.0 Å². The largest absolute Gasteiger partial charge is 0.480 e. The summed E-state index contributed by atoms with van der Waals surface area (Å²) in [5.74, 6) is -1.12. The van der Waals surface area contributed by atoms with Gasteiger partial charge in [-0.2, -0.15) is 0 Å². The first-order valence-corrected chi connectivity index (χ1v) is 7.35. The molecule has 3 aromatic rings. The molecule has 0 unspecified atom stereocenters. The molecule has 6 nitrogen and oxygen atoms in total. The van der Waals surface area contributed by atoms with Gasteiger partial charge in [0.2, 0.25) is 0 Å². The van der Waals surface area contributed by atoms with E-state index in [1.165, 1.54) is 6.20 Å². The molecule has 116 valence electrons. The van der Waals surface area contributed by atoms with E-state index in [1.807, 2.05) is 30.3 Å². The molecule has 23 heavy (non-hydrogen) atoms. The Morgan fingerprint density at radius 3 is 2.70 bits per heavy atom. The molecule has 0 saturated heterocycles. The molecule has 7 heteroatoms. The smallest absolute Gasteiger partial charge is 0.327 e. The molecule has 0 amide bonds. The van der Waals surface area contributed by atoms with E-state index in [2.05, 4.69) is 9.97 Å². The fourth-order valence-electron chi connectivity index (χ4n) is 2.47. The number of hydrogen-bond donors (Lipinski definition) is 2. The highest BCUT2D eigenvalue weighted by atomic mass is 32.1. The van der Waals surface area contributed by atoms with Crippen molar-refractivity contribution in [1.82, 2.24) is 14.5 Å². The molecule has 0 aliphatic rings. The van der Waals surface area contributed by atoms with Gasteiger partial charge in [0.1, 0.15) is 6.04 Å². The van der Waals surface area contributed by atoms with Crippen LogP contribution in [0.3, 0.4) is 0 Å². The molecule has 0 bridgehead atoms. The number of hydrogen-bond acceptors (Lipinski definition) is 4. The molecule has 2 N–H and O–H groups in total. The van der Waals surface area contributed by atoms with Crippen LogP contribution in [-0.4, -0.2) is 25.6 Å². The summed E-state index contributed by atoms with van der Waals surface area (Å²) in [6, 6.07) is 11.4. The lowest BCUT2D eigenvalue weighted by atomic mass is 10.1. The predicted octanol–water partition coefficient (Wildman–Crippen LogP) is 2.32. The van der Waals surface area contributed by atoms with Crippen molar-refractivity contribution in [3.05, 3.63) is 69.3 Å². The van der Waals surface area contributed by atoms with Crippen LogP contribution in [0, 0.1) is 4.77 Å². The van der Waals surface area contributed by atoms with E-state index in [0.717, 1.165) is 10.1 Å². The van der Waals surface area contributed by atoms with E-state index >= 15 is 0 Å². The summed E-state index contributed by atoms with van der Waals surface area (Å²) in [5.41, 5.74) is 0.956. The quantitative estimate of drug-likeness (QED) is 0.718. The molecule has 3 rings (SSSR count). The van der Waals surface area contributed by atoms with Crippen LogP contribution in [0.25, 0.3) is 11.0 Å². The fourth-order valence-corrected chi connectivity index (χ4v) is 2.79. The number of nitrogens with one attached hydrogen (secondary N) is 1.